The molecule has 0 unspecified atom stereocenters. The van der Waals surface area contributed by atoms with Crippen LogP contribution < -0.4 is 5.32 Å². The van der Waals surface area contributed by atoms with E-state index in [2.05, 4.69) is 33.3 Å². The van der Waals surface area contributed by atoms with Crippen molar-refractivity contribution in [3.05, 3.63) is 40.5 Å². The van der Waals surface area contributed by atoms with Gasteiger partial charge in [-0.25, -0.2) is 0 Å². The molecule has 0 aliphatic carbocycles. The third kappa shape index (κ3) is 2.51. The monoisotopic (exact) mass is 280 g/mol. The van der Waals surface area contributed by atoms with Crippen LogP contribution in [0.25, 0.3) is 11.3 Å². The van der Waals surface area contributed by atoms with E-state index in [0.717, 1.165) is 34.6 Å². The molecule has 0 bridgehead atoms. The molecule has 2 rings (SSSR count). The Hall–Kier alpha value is -1.13. The molecule has 0 saturated carbocycles. The Morgan fingerprint density at radius 3 is 2.94 bits per heavy atom. The second-order valence-corrected chi connectivity index (χ2v) is 4.30. The Balaban J connectivity index is 2.22. The van der Waals surface area contributed by atoms with Crippen LogP contribution >= 0.6 is 15.9 Å². The summed E-state index contributed by atoms with van der Waals surface area (Å²) in [5, 5.41) is 7.22. The van der Waals surface area contributed by atoms with Crippen LogP contribution in [-0.4, -0.2) is 11.7 Å². The SMILES string of the molecule is CCNCc1cc(-c2ccccc2Br)on1. The summed E-state index contributed by atoms with van der Waals surface area (Å²) < 4.78 is 6.32. The molecule has 0 radical (unpaired) electrons. The maximum absolute atomic E-state index is 5.31. The fourth-order valence-corrected chi connectivity index (χ4v) is 1.92. The van der Waals surface area contributed by atoms with Gasteiger partial charge >= 0.3 is 0 Å². The largest absolute Gasteiger partial charge is 0.356 e. The van der Waals surface area contributed by atoms with Gasteiger partial charge in [0.05, 0.1) is 5.69 Å². The first-order chi connectivity index (χ1) is 7.81. The van der Waals surface area contributed by atoms with E-state index in [9.17, 15) is 0 Å². The zero-order valence-electron chi connectivity index (χ0n) is 9.03. The molecule has 1 aromatic heterocycles. The van der Waals surface area contributed by atoms with E-state index in [0.29, 0.717) is 0 Å². The van der Waals surface area contributed by atoms with Crippen molar-refractivity contribution in [2.24, 2.45) is 0 Å². The van der Waals surface area contributed by atoms with E-state index in [-0.39, 0.29) is 0 Å². The van der Waals surface area contributed by atoms with Crippen molar-refractivity contribution in [2.75, 3.05) is 6.54 Å². The van der Waals surface area contributed by atoms with Crippen molar-refractivity contribution < 1.29 is 4.52 Å². The molecule has 0 saturated heterocycles. The number of benzene rings is 1. The van der Waals surface area contributed by atoms with Crippen LogP contribution in [0.3, 0.4) is 0 Å². The first-order valence-corrected chi connectivity index (χ1v) is 6.01. The molecule has 0 amide bonds. The highest BCUT2D eigenvalue weighted by Crippen LogP contribution is 2.28. The lowest BCUT2D eigenvalue weighted by molar-refractivity contribution is 0.420. The summed E-state index contributed by atoms with van der Waals surface area (Å²) in [4.78, 5) is 0. The number of hydrogen-bond donors (Lipinski definition) is 1. The van der Waals surface area contributed by atoms with Crippen LogP contribution in [0.1, 0.15) is 12.6 Å². The van der Waals surface area contributed by atoms with Crippen LogP contribution in [0, 0.1) is 0 Å². The van der Waals surface area contributed by atoms with E-state index in [1.54, 1.807) is 0 Å². The lowest BCUT2D eigenvalue weighted by Crippen LogP contribution is -2.11. The van der Waals surface area contributed by atoms with Gasteiger partial charge < -0.3 is 9.84 Å². The Bertz CT molecular complexity index is 468. The maximum atomic E-state index is 5.31. The Kier molecular flexibility index (Phi) is 3.74. The maximum Gasteiger partial charge on any atom is 0.168 e. The summed E-state index contributed by atoms with van der Waals surface area (Å²) >= 11 is 3.49. The van der Waals surface area contributed by atoms with Gasteiger partial charge in [-0.15, -0.1) is 0 Å². The number of rotatable bonds is 4. The predicted octanol–water partition coefficient (Wildman–Crippen LogP) is 3.21. The van der Waals surface area contributed by atoms with Crippen LogP contribution in [0.15, 0.2) is 39.3 Å². The minimum Gasteiger partial charge on any atom is -0.356 e. The first kappa shape index (κ1) is 11.4. The van der Waals surface area contributed by atoms with Crippen LogP contribution in [0.4, 0.5) is 0 Å². The Morgan fingerprint density at radius 2 is 2.19 bits per heavy atom. The van der Waals surface area contributed by atoms with Gasteiger partial charge in [-0.2, -0.15) is 0 Å². The molecular formula is C12H13BrN2O. The highest BCUT2D eigenvalue weighted by Gasteiger charge is 2.08. The number of nitrogens with one attached hydrogen (secondary N) is 1. The van der Waals surface area contributed by atoms with Crippen LogP contribution in [-0.2, 0) is 6.54 Å². The van der Waals surface area contributed by atoms with Crippen LogP contribution in [0.5, 0.6) is 0 Å². The standard InChI is InChI=1S/C12H13BrN2O/c1-2-14-8-9-7-12(16-15-9)10-5-3-4-6-11(10)13/h3-7,14H,2,8H2,1H3. The van der Waals surface area contributed by atoms with Crippen molar-refractivity contribution in [3.63, 3.8) is 0 Å². The molecule has 0 aliphatic heterocycles. The number of aromatic nitrogens is 1. The highest BCUT2D eigenvalue weighted by atomic mass is 79.9. The average molecular weight is 281 g/mol. The zero-order valence-corrected chi connectivity index (χ0v) is 10.6. The van der Waals surface area contributed by atoms with Gasteiger partial charge in [-0.05, 0) is 18.7 Å². The lowest BCUT2D eigenvalue weighted by Gasteiger charge is -1.97. The predicted molar refractivity (Wildman–Crippen MR) is 67.0 cm³/mol. The quantitative estimate of drug-likeness (QED) is 0.935. The van der Waals surface area contributed by atoms with Gasteiger partial charge in [-0.1, -0.05) is 40.1 Å². The molecule has 84 valence electrons. The minimum absolute atomic E-state index is 0.741. The molecular weight excluding hydrogens is 268 g/mol. The molecule has 3 nitrogen and oxygen atoms in total. The Labute approximate surface area is 103 Å². The smallest absolute Gasteiger partial charge is 0.168 e. The summed E-state index contributed by atoms with van der Waals surface area (Å²) in [5.74, 6) is 0.792. The lowest BCUT2D eigenvalue weighted by atomic mass is 10.1. The molecule has 1 N–H and O–H groups in total. The number of halogens is 1. The van der Waals surface area contributed by atoms with E-state index in [1.165, 1.54) is 0 Å². The van der Waals surface area contributed by atoms with E-state index >= 15 is 0 Å². The number of hydrogen-bond acceptors (Lipinski definition) is 3. The third-order valence-electron chi connectivity index (χ3n) is 2.25. The van der Waals surface area contributed by atoms with Crippen molar-refractivity contribution in [2.45, 2.75) is 13.5 Å². The second-order valence-electron chi connectivity index (χ2n) is 3.44. The van der Waals surface area contributed by atoms with Gasteiger partial charge in [0.25, 0.3) is 0 Å². The molecule has 4 heteroatoms. The highest BCUT2D eigenvalue weighted by molar-refractivity contribution is 9.10. The molecule has 1 heterocycles. The second kappa shape index (κ2) is 5.27. The normalized spacial score (nSPS) is 10.6. The van der Waals surface area contributed by atoms with Gasteiger partial charge in [-0.3, -0.25) is 0 Å². The first-order valence-electron chi connectivity index (χ1n) is 5.22. The van der Waals surface area contributed by atoms with Crippen molar-refractivity contribution >= 4 is 15.9 Å². The van der Waals surface area contributed by atoms with Gasteiger partial charge in [0, 0.05) is 22.6 Å². The van der Waals surface area contributed by atoms with Crippen molar-refractivity contribution in [1.82, 2.24) is 10.5 Å². The fourth-order valence-electron chi connectivity index (χ4n) is 1.44. The van der Waals surface area contributed by atoms with Crippen LogP contribution in [0.2, 0.25) is 0 Å². The van der Waals surface area contributed by atoms with E-state index in [1.807, 2.05) is 30.3 Å². The van der Waals surface area contributed by atoms with Crippen molar-refractivity contribution in [3.8, 4) is 11.3 Å². The average Bonchev–Trinajstić information content (AvgIpc) is 2.75. The zero-order chi connectivity index (χ0) is 11.4. The van der Waals surface area contributed by atoms with Gasteiger partial charge in [0.2, 0.25) is 0 Å². The minimum atomic E-state index is 0.741. The molecule has 0 spiro atoms. The molecule has 0 fully saturated rings. The number of nitrogens with zero attached hydrogens (tertiary/aromatic N) is 1. The Morgan fingerprint density at radius 1 is 1.38 bits per heavy atom. The van der Waals surface area contributed by atoms with E-state index < -0.39 is 0 Å². The summed E-state index contributed by atoms with van der Waals surface area (Å²) in [6, 6.07) is 9.91. The topological polar surface area (TPSA) is 38.1 Å². The molecule has 0 aliphatic rings. The molecule has 0 atom stereocenters. The molecule has 16 heavy (non-hydrogen) atoms. The van der Waals surface area contributed by atoms with Gasteiger partial charge in [0.1, 0.15) is 0 Å². The third-order valence-corrected chi connectivity index (χ3v) is 2.95. The van der Waals surface area contributed by atoms with E-state index in [4.69, 9.17) is 4.52 Å². The summed E-state index contributed by atoms with van der Waals surface area (Å²) in [5.41, 5.74) is 1.95. The summed E-state index contributed by atoms with van der Waals surface area (Å²) in [7, 11) is 0. The summed E-state index contributed by atoms with van der Waals surface area (Å²) in [6.45, 7) is 3.73. The van der Waals surface area contributed by atoms with Crippen molar-refractivity contribution in [1.29, 1.82) is 0 Å². The summed E-state index contributed by atoms with van der Waals surface area (Å²) in [6.07, 6.45) is 0. The molecule has 1 aromatic carbocycles. The van der Waals surface area contributed by atoms with Gasteiger partial charge in [0.15, 0.2) is 5.76 Å². The molecule has 2 aromatic rings. The fraction of sp³-hybridized carbons (Fsp3) is 0.250.